The SMILES string of the molecule is CCCCNC(=O)C1c2cc3cc(-c4ccccc4)ccc3nc2C(C)=CN1C(C)=O. The highest BCUT2D eigenvalue weighted by atomic mass is 16.2. The maximum absolute atomic E-state index is 13.1. The van der Waals surface area contributed by atoms with Crippen LogP contribution in [-0.4, -0.2) is 28.2 Å². The first-order valence-corrected chi connectivity index (χ1v) is 10.7. The third-order valence-electron chi connectivity index (χ3n) is 5.67. The molecular formula is C26H27N3O2. The zero-order chi connectivity index (χ0) is 22.0. The lowest BCUT2D eigenvalue weighted by atomic mass is 9.92. The largest absolute Gasteiger partial charge is 0.354 e. The van der Waals surface area contributed by atoms with Gasteiger partial charge in [0.2, 0.25) is 11.8 Å². The molecule has 0 fully saturated rings. The van der Waals surface area contributed by atoms with Crippen molar-refractivity contribution in [3.05, 3.63) is 72.1 Å². The van der Waals surface area contributed by atoms with E-state index >= 15 is 0 Å². The summed E-state index contributed by atoms with van der Waals surface area (Å²) in [6, 6.07) is 17.6. The van der Waals surface area contributed by atoms with Crippen LogP contribution in [0.4, 0.5) is 0 Å². The Morgan fingerprint density at radius 2 is 1.84 bits per heavy atom. The van der Waals surface area contributed by atoms with Gasteiger partial charge in [-0.05, 0) is 48.2 Å². The van der Waals surface area contributed by atoms with E-state index in [2.05, 4.69) is 36.5 Å². The van der Waals surface area contributed by atoms with E-state index in [0.29, 0.717) is 6.54 Å². The molecule has 1 aliphatic rings. The van der Waals surface area contributed by atoms with Crippen molar-refractivity contribution in [2.45, 2.75) is 39.7 Å². The summed E-state index contributed by atoms with van der Waals surface area (Å²) < 4.78 is 0. The van der Waals surface area contributed by atoms with Crippen LogP contribution in [0.2, 0.25) is 0 Å². The Bertz CT molecular complexity index is 1170. The number of unbranched alkanes of at least 4 members (excludes halogenated alkanes) is 1. The molecule has 1 aromatic heterocycles. The van der Waals surface area contributed by atoms with Crippen molar-refractivity contribution in [2.24, 2.45) is 0 Å². The predicted octanol–water partition coefficient (Wildman–Crippen LogP) is 5.08. The first-order chi connectivity index (χ1) is 15.0. The zero-order valence-corrected chi connectivity index (χ0v) is 18.2. The van der Waals surface area contributed by atoms with Gasteiger partial charge >= 0.3 is 0 Å². The molecule has 0 radical (unpaired) electrons. The normalized spacial score (nSPS) is 15.4. The van der Waals surface area contributed by atoms with Gasteiger partial charge in [-0.1, -0.05) is 49.7 Å². The minimum absolute atomic E-state index is 0.168. The van der Waals surface area contributed by atoms with Crippen molar-refractivity contribution in [2.75, 3.05) is 6.54 Å². The van der Waals surface area contributed by atoms with Gasteiger partial charge in [-0.3, -0.25) is 9.59 Å². The Balaban J connectivity index is 1.83. The molecule has 2 aromatic carbocycles. The fourth-order valence-electron chi connectivity index (χ4n) is 4.05. The maximum Gasteiger partial charge on any atom is 0.247 e. The lowest BCUT2D eigenvalue weighted by Gasteiger charge is -2.33. The number of allylic oxidation sites excluding steroid dienone is 1. The number of carbonyl (C=O) groups excluding carboxylic acids is 2. The highest BCUT2D eigenvalue weighted by Crippen LogP contribution is 2.36. The van der Waals surface area contributed by atoms with Crippen LogP contribution in [0.3, 0.4) is 0 Å². The molecule has 0 aliphatic carbocycles. The number of nitrogens with one attached hydrogen (secondary N) is 1. The molecule has 0 bridgehead atoms. The van der Waals surface area contributed by atoms with Gasteiger partial charge in [0.15, 0.2) is 0 Å². The van der Waals surface area contributed by atoms with E-state index in [4.69, 9.17) is 4.98 Å². The zero-order valence-electron chi connectivity index (χ0n) is 18.2. The quantitative estimate of drug-likeness (QED) is 0.593. The number of nitrogens with zero attached hydrogens (tertiary/aromatic N) is 2. The standard InChI is InChI=1S/C26H27N3O2/c1-4-5-13-27-26(31)25-22-15-21-14-20(19-9-7-6-8-10-19)11-12-23(21)28-24(22)17(2)16-29(25)18(3)30/h6-12,14-16,25H,4-5,13H2,1-3H3,(H,27,31). The van der Waals surface area contributed by atoms with Gasteiger partial charge in [-0.15, -0.1) is 0 Å². The molecule has 4 rings (SSSR count). The topological polar surface area (TPSA) is 62.3 Å². The van der Waals surface area contributed by atoms with E-state index < -0.39 is 6.04 Å². The van der Waals surface area contributed by atoms with Crippen molar-refractivity contribution < 1.29 is 9.59 Å². The summed E-state index contributed by atoms with van der Waals surface area (Å²) in [6.45, 7) is 6.09. The average molecular weight is 414 g/mol. The minimum Gasteiger partial charge on any atom is -0.354 e. The van der Waals surface area contributed by atoms with Crippen LogP contribution < -0.4 is 5.32 Å². The Kier molecular flexibility index (Phi) is 5.85. The Morgan fingerprint density at radius 3 is 2.55 bits per heavy atom. The fraction of sp³-hybridized carbons (Fsp3) is 0.269. The fourth-order valence-corrected chi connectivity index (χ4v) is 4.05. The second kappa shape index (κ2) is 8.72. The molecule has 0 saturated heterocycles. The van der Waals surface area contributed by atoms with E-state index in [1.165, 1.54) is 11.8 Å². The van der Waals surface area contributed by atoms with Gasteiger partial charge in [0, 0.05) is 30.6 Å². The van der Waals surface area contributed by atoms with Crippen LogP contribution in [0.1, 0.15) is 50.9 Å². The molecule has 0 saturated carbocycles. The molecule has 1 atom stereocenters. The number of aromatic nitrogens is 1. The van der Waals surface area contributed by atoms with Crippen molar-refractivity contribution in [3.8, 4) is 11.1 Å². The van der Waals surface area contributed by atoms with Crippen LogP contribution in [0, 0.1) is 0 Å². The number of benzene rings is 2. The summed E-state index contributed by atoms with van der Waals surface area (Å²) >= 11 is 0. The highest BCUT2D eigenvalue weighted by molar-refractivity contribution is 5.95. The van der Waals surface area contributed by atoms with Crippen molar-refractivity contribution in [3.63, 3.8) is 0 Å². The third-order valence-corrected chi connectivity index (χ3v) is 5.67. The molecule has 2 amide bonds. The summed E-state index contributed by atoms with van der Waals surface area (Å²) in [5.74, 6) is -0.340. The third kappa shape index (κ3) is 4.08. The number of carbonyl (C=O) groups is 2. The van der Waals surface area contributed by atoms with Crippen LogP contribution >= 0.6 is 0 Å². The van der Waals surface area contributed by atoms with E-state index in [1.54, 1.807) is 6.20 Å². The lowest BCUT2D eigenvalue weighted by Crippen LogP contribution is -2.42. The number of rotatable bonds is 5. The Morgan fingerprint density at radius 1 is 1.06 bits per heavy atom. The summed E-state index contributed by atoms with van der Waals surface area (Å²) in [7, 11) is 0. The second-order valence-corrected chi connectivity index (χ2v) is 7.99. The van der Waals surface area contributed by atoms with Crippen LogP contribution in [0.15, 0.2) is 60.8 Å². The molecule has 2 heterocycles. The second-order valence-electron chi connectivity index (χ2n) is 7.99. The van der Waals surface area contributed by atoms with Gasteiger partial charge in [-0.25, -0.2) is 4.98 Å². The Hall–Kier alpha value is -3.47. The van der Waals surface area contributed by atoms with Crippen molar-refractivity contribution in [1.82, 2.24) is 15.2 Å². The molecule has 1 unspecified atom stereocenters. The molecule has 1 aliphatic heterocycles. The number of amides is 2. The van der Waals surface area contributed by atoms with Gasteiger partial charge in [-0.2, -0.15) is 0 Å². The number of fused-ring (bicyclic) bond motifs is 2. The van der Waals surface area contributed by atoms with Crippen LogP contribution in [0.5, 0.6) is 0 Å². The summed E-state index contributed by atoms with van der Waals surface area (Å²) in [5.41, 5.74) is 5.49. The Labute approximate surface area is 182 Å². The van der Waals surface area contributed by atoms with Crippen LogP contribution in [0.25, 0.3) is 27.6 Å². The molecule has 1 N–H and O–H groups in total. The summed E-state index contributed by atoms with van der Waals surface area (Å²) in [4.78, 5) is 31.9. The maximum atomic E-state index is 13.1. The smallest absolute Gasteiger partial charge is 0.247 e. The van der Waals surface area contributed by atoms with Gasteiger partial charge < -0.3 is 10.2 Å². The van der Waals surface area contributed by atoms with Crippen molar-refractivity contribution >= 4 is 28.3 Å². The van der Waals surface area contributed by atoms with E-state index in [-0.39, 0.29) is 11.8 Å². The number of hydrogen-bond acceptors (Lipinski definition) is 3. The summed E-state index contributed by atoms with van der Waals surface area (Å²) in [6.07, 6.45) is 3.63. The lowest BCUT2D eigenvalue weighted by molar-refractivity contribution is -0.136. The molecule has 0 spiro atoms. The number of hydrogen-bond donors (Lipinski definition) is 1. The average Bonchev–Trinajstić information content (AvgIpc) is 2.78. The van der Waals surface area contributed by atoms with E-state index in [0.717, 1.165) is 51.7 Å². The molecule has 5 heteroatoms. The van der Waals surface area contributed by atoms with E-state index in [9.17, 15) is 9.59 Å². The molecular weight excluding hydrogens is 386 g/mol. The van der Waals surface area contributed by atoms with Crippen LogP contribution in [-0.2, 0) is 9.59 Å². The first kappa shape index (κ1) is 20.8. The van der Waals surface area contributed by atoms with Gasteiger partial charge in [0.25, 0.3) is 0 Å². The number of pyridine rings is 1. The molecule has 5 nitrogen and oxygen atoms in total. The van der Waals surface area contributed by atoms with Gasteiger partial charge in [0.05, 0.1) is 11.2 Å². The monoisotopic (exact) mass is 413 g/mol. The van der Waals surface area contributed by atoms with E-state index in [1.807, 2.05) is 37.3 Å². The first-order valence-electron chi connectivity index (χ1n) is 10.7. The summed E-state index contributed by atoms with van der Waals surface area (Å²) in [5, 5.41) is 3.94. The predicted molar refractivity (Wildman–Crippen MR) is 124 cm³/mol. The highest BCUT2D eigenvalue weighted by Gasteiger charge is 2.35. The minimum atomic E-state index is -0.717. The van der Waals surface area contributed by atoms with Crippen molar-refractivity contribution in [1.29, 1.82) is 0 Å². The van der Waals surface area contributed by atoms with Gasteiger partial charge in [0.1, 0.15) is 6.04 Å². The molecule has 158 valence electrons. The molecule has 31 heavy (non-hydrogen) atoms. The molecule has 3 aromatic rings.